The Balaban J connectivity index is 2.87. The fourth-order valence-electron chi connectivity index (χ4n) is 1.73. The van der Waals surface area contributed by atoms with E-state index in [1.165, 1.54) is 11.1 Å². The molecule has 1 rings (SSSR count). The second-order valence-electron chi connectivity index (χ2n) is 4.66. The molecule has 0 aliphatic carbocycles. The van der Waals surface area contributed by atoms with Crippen LogP contribution in [0.1, 0.15) is 16.8 Å². The number of hydrogen-bond donors (Lipinski definition) is 0. The SMILES string of the molecule is Cc1cc(C)c(CN=C(N(C)C)N(C)C)cn1. The molecule has 0 amide bonds. The highest BCUT2D eigenvalue weighted by atomic mass is 15.3. The van der Waals surface area contributed by atoms with E-state index in [0.717, 1.165) is 11.7 Å². The second kappa shape index (κ2) is 5.66. The Labute approximate surface area is 104 Å². The summed E-state index contributed by atoms with van der Waals surface area (Å²) >= 11 is 0. The largest absolute Gasteiger partial charge is 0.349 e. The van der Waals surface area contributed by atoms with E-state index in [1.54, 1.807) is 0 Å². The van der Waals surface area contributed by atoms with E-state index in [4.69, 9.17) is 0 Å². The van der Waals surface area contributed by atoms with E-state index < -0.39 is 0 Å². The van der Waals surface area contributed by atoms with Crippen molar-refractivity contribution >= 4 is 5.96 Å². The highest BCUT2D eigenvalue weighted by Gasteiger charge is 2.05. The Kier molecular flexibility index (Phi) is 4.49. The summed E-state index contributed by atoms with van der Waals surface area (Å²) < 4.78 is 0. The number of aryl methyl sites for hydroxylation is 2. The van der Waals surface area contributed by atoms with E-state index in [2.05, 4.69) is 23.0 Å². The van der Waals surface area contributed by atoms with Gasteiger partial charge in [0.1, 0.15) is 0 Å². The lowest BCUT2D eigenvalue weighted by atomic mass is 10.1. The van der Waals surface area contributed by atoms with Crippen LogP contribution in [0.4, 0.5) is 0 Å². The third kappa shape index (κ3) is 3.73. The van der Waals surface area contributed by atoms with E-state index >= 15 is 0 Å². The van der Waals surface area contributed by atoms with Crippen molar-refractivity contribution in [2.45, 2.75) is 20.4 Å². The van der Waals surface area contributed by atoms with Gasteiger partial charge < -0.3 is 9.80 Å². The summed E-state index contributed by atoms with van der Waals surface area (Å²) in [5.41, 5.74) is 3.48. The molecule has 1 heterocycles. The maximum absolute atomic E-state index is 4.61. The zero-order valence-corrected chi connectivity index (χ0v) is 11.7. The summed E-state index contributed by atoms with van der Waals surface area (Å²) in [6.07, 6.45) is 1.91. The zero-order chi connectivity index (χ0) is 13.0. The molecule has 4 heteroatoms. The summed E-state index contributed by atoms with van der Waals surface area (Å²) in [6.45, 7) is 4.78. The zero-order valence-electron chi connectivity index (χ0n) is 11.7. The molecule has 0 aliphatic rings. The van der Waals surface area contributed by atoms with Crippen LogP contribution in [0.25, 0.3) is 0 Å². The molecule has 0 unspecified atom stereocenters. The maximum Gasteiger partial charge on any atom is 0.195 e. The van der Waals surface area contributed by atoms with Gasteiger partial charge in [-0.3, -0.25) is 4.98 Å². The van der Waals surface area contributed by atoms with Crippen molar-refractivity contribution in [3.63, 3.8) is 0 Å². The number of aromatic nitrogens is 1. The van der Waals surface area contributed by atoms with Crippen molar-refractivity contribution in [2.24, 2.45) is 4.99 Å². The van der Waals surface area contributed by atoms with Crippen LogP contribution in [0.15, 0.2) is 17.3 Å². The first-order valence-electron chi connectivity index (χ1n) is 5.73. The predicted molar refractivity (Wildman–Crippen MR) is 72.2 cm³/mol. The molecule has 94 valence electrons. The van der Waals surface area contributed by atoms with E-state index in [1.807, 2.05) is 51.1 Å². The Hall–Kier alpha value is -1.58. The van der Waals surface area contributed by atoms with Crippen LogP contribution in [-0.4, -0.2) is 48.9 Å². The smallest absolute Gasteiger partial charge is 0.195 e. The molecule has 0 radical (unpaired) electrons. The number of guanidine groups is 1. The molecule has 17 heavy (non-hydrogen) atoms. The van der Waals surface area contributed by atoms with E-state index in [9.17, 15) is 0 Å². The van der Waals surface area contributed by atoms with Crippen LogP contribution in [0, 0.1) is 13.8 Å². The maximum atomic E-state index is 4.61. The van der Waals surface area contributed by atoms with Gasteiger partial charge in [-0.25, -0.2) is 4.99 Å². The van der Waals surface area contributed by atoms with Gasteiger partial charge in [-0.15, -0.1) is 0 Å². The number of hydrogen-bond acceptors (Lipinski definition) is 2. The molecule has 0 aromatic carbocycles. The van der Waals surface area contributed by atoms with Gasteiger partial charge in [0.2, 0.25) is 0 Å². The molecular weight excluding hydrogens is 212 g/mol. The lowest BCUT2D eigenvalue weighted by molar-refractivity contribution is 0.479. The summed E-state index contributed by atoms with van der Waals surface area (Å²) in [5, 5.41) is 0. The van der Waals surface area contributed by atoms with Gasteiger partial charge in [0, 0.05) is 40.1 Å². The van der Waals surface area contributed by atoms with Crippen molar-refractivity contribution in [1.82, 2.24) is 14.8 Å². The molecule has 0 bridgehead atoms. The molecule has 0 fully saturated rings. The molecular formula is C13H22N4. The average molecular weight is 234 g/mol. The van der Waals surface area contributed by atoms with Crippen LogP contribution in [-0.2, 0) is 6.54 Å². The standard InChI is InChI=1S/C13H22N4/c1-10-7-11(2)14-8-12(10)9-15-13(16(3)4)17(5)6/h7-8H,9H2,1-6H3. The van der Waals surface area contributed by atoms with Crippen molar-refractivity contribution in [2.75, 3.05) is 28.2 Å². The van der Waals surface area contributed by atoms with Gasteiger partial charge in [-0.2, -0.15) is 0 Å². The normalized spacial score (nSPS) is 10.0. The minimum absolute atomic E-state index is 0.671. The molecule has 1 aromatic rings. The Bertz CT molecular complexity index is 398. The number of pyridine rings is 1. The molecule has 4 nitrogen and oxygen atoms in total. The van der Waals surface area contributed by atoms with Crippen LogP contribution >= 0.6 is 0 Å². The monoisotopic (exact) mass is 234 g/mol. The first-order chi connectivity index (χ1) is 7.91. The van der Waals surface area contributed by atoms with Crippen molar-refractivity contribution < 1.29 is 0 Å². The van der Waals surface area contributed by atoms with Gasteiger partial charge in [0.05, 0.1) is 6.54 Å². The third-order valence-electron chi connectivity index (χ3n) is 2.55. The van der Waals surface area contributed by atoms with Crippen LogP contribution in [0.3, 0.4) is 0 Å². The second-order valence-corrected chi connectivity index (χ2v) is 4.66. The Morgan fingerprint density at radius 1 is 1.18 bits per heavy atom. The molecule has 1 aromatic heterocycles. The highest BCUT2D eigenvalue weighted by Crippen LogP contribution is 2.09. The minimum Gasteiger partial charge on any atom is -0.349 e. The summed E-state index contributed by atoms with van der Waals surface area (Å²) in [5.74, 6) is 0.963. The van der Waals surface area contributed by atoms with Crippen LogP contribution < -0.4 is 0 Å². The van der Waals surface area contributed by atoms with Crippen molar-refractivity contribution in [3.05, 3.63) is 29.1 Å². The van der Waals surface area contributed by atoms with Gasteiger partial charge in [0.15, 0.2) is 5.96 Å². The molecule has 0 saturated carbocycles. The van der Waals surface area contributed by atoms with Gasteiger partial charge >= 0.3 is 0 Å². The summed E-state index contributed by atoms with van der Waals surface area (Å²) in [4.78, 5) is 12.9. The Morgan fingerprint density at radius 2 is 1.76 bits per heavy atom. The van der Waals surface area contributed by atoms with Gasteiger partial charge in [-0.05, 0) is 31.0 Å². The lowest BCUT2D eigenvalue weighted by Gasteiger charge is -2.22. The fraction of sp³-hybridized carbons (Fsp3) is 0.538. The molecule has 0 aliphatic heterocycles. The van der Waals surface area contributed by atoms with Crippen LogP contribution in [0.5, 0.6) is 0 Å². The lowest BCUT2D eigenvalue weighted by Crippen LogP contribution is -2.35. The quantitative estimate of drug-likeness (QED) is 0.576. The number of rotatable bonds is 2. The van der Waals surface area contributed by atoms with Gasteiger partial charge in [-0.1, -0.05) is 0 Å². The summed E-state index contributed by atoms with van der Waals surface area (Å²) in [6, 6.07) is 2.09. The average Bonchev–Trinajstić information content (AvgIpc) is 2.20. The van der Waals surface area contributed by atoms with E-state index in [-0.39, 0.29) is 0 Å². The summed E-state index contributed by atoms with van der Waals surface area (Å²) in [7, 11) is 8.00. The number of nitrogens with zero attached hydrogens (tertiary/aromatic N) is 4. The minimum atomic E-state index is 0.671. The Morgan fingerprint density at radius 3 is 2.24 bits per heavy atom. The molecule has 0 spiro atoms. The number of aliphatic imine (C=N–C) groups is 1. The first kappa shape index (κ1) is 13.5. The first-order valence-corrected chi connectivity index (χ1v) is 5.73. The van der Waals surface area contributed by atoms with E-state index in [0.29, 0.717) is 6.54 Å². The topological polar surface area (TPSA) is 31.7 Å². The molecule has 0 N–H and O–H groups in total. The van der Waals surface area contributed by atoms with Gasteiger partial charge in [0.25, 0.3) is 0 Å². The highest BCUT2D eigenvalue weighted by molar-refractivity contribution is 5.79. The molecule has 0 saturated heterocycles. The third-order valence-corrected chi connectivity index (χ3v) is 2.55. The fourth-order valence-corrected chi connectivity index (χ4v) is 1.73. The molecule has 0 atom stereocenters. The predicted octanol–water partition coefficient (Wildman–Crippen LogP) is 1.68. The van der Waals surface area contributed by atoms with Crippen molar-refractivity contribution in [3.8, 4) is 0 Å². The van der Waals surface area contributed by atoms with Crippen molar-refractivity contribution in [1.29, 1.82) is 0 Å². The van der Waals surface area contributed by atoms with Crippen LogP contribution in [0.2, 0.25) is 0 Å².